The number of hydrogen-bond donors (Lipinski definition) is 1. The Labute approximate surface area is 238 Å². The van der Waals surface area contributed by atoms with Crippen LogP contribution >= 0.6 is 0 Å². The number of aromatic nitrogens is 5. The zero-order valence-corrected chi connectivity index (χ0v) is 22.9. The summed E-state index contributed by atoms with van der Waals surface area (Å²) in [5.41, 5.74) is 4.92. The molecule has 0 spiro atoms. The van der Waals surface area contributed by atoms with E-state index in [0.29, 0.717) is 24.8 Å². The first-order valence-corrected chi connectivity index (χ1v) is 14.4. The minimum Gasteiger partial charge on any atom is -0.481 e. The number of carboxylic acid groups (broad SMARTS) is 1. The van der Waals surface area contributed by atoms with Gasteiger partial charge in [0.2, 0.25) is 5.88 Å². The predicted molar refractivity (Wildman–Crippen MR) is 151 cm³/mol. The predicted octanol–water partition coefficient (Wildman–Crippen LogP) is 3.94. The number of pyridine rings is 2. The fourth-order valence-electron chi connectivity index (χ4n) is 6.13. The maximum absolute atomic E-state index is 11.7. The van der Waals surface area contributed by atoms with E-state index >= 15 is 0 Å². The highest BCUT2D eigenvalue weighted by atomic mass is 16.5. The quantitative estimate of drug-likeness (QED) is 0.332. The molecule has 0 aromatic carbocycles. The summed E-state index contributed by atoms with van der Waals surface area (Å²) in [6, 6.07) is 10.1. The van der Waals surface area contributed by atoms with E-state index in [0.717, 1.165) is 86.2 Å². The average molecular weight is 555 g/mol. The fourth-order valence-corrected chi connectivity index (χ4v) is 6.13. The molecule has 1 aliphatic carbocycles. The number of fused-ring (bicyclic) bond motifs is 2. The molecule has 2 saturated heterocycles. The third-order valence-corrected chi connectivity index (χ3v) is 8.57. The van der Waals surface area contributed by atoms with Gasteiger partial charge in [-0.15, -0.1) is 0 Å². The molecular formula is C31H34N6O4. The summed E-state index contributed by atoms with van der Waals surface area (Å²) in [5, 5.41) is 9.58. The number of rotatable bonds is 9. The van der Waals surface area contributed by atoms with Gasteiger partial charge in [0.25, 0.3) is 0 Å². The minimum atomic E-state index is -0.790. The van der Waals surface area contributed by atoms with E-state index in [2.05, 4.69) is 20.5 Å². The normalized spacial score (nSPS) is 21.1. The molecule has 2 atom stereocenters. The first kappa shape index (κ1) is 25.9. The average Bonchev–Trinajstić information content (AvgIpc) is 3.59. The highest BCUT2D eigenvalue weighted by Gasteiger charge is 2.30. The van der Waals surface area contributed by atoms with Crippen LogP contribution in [0.5, 0.6) is 5.88 Å². The van der Waals surface area contributed by atoms with Gasteiger partial charge in [0.05, 0.1) is 30.8 Å². The summed E-state index contributed by atoms with van der Waals surface area (Å²) in [5.74, 6) is 0.718. The molecule has 4 aromatic rings. The topological polar surface area (TPSA) is 107 Å². The minimum absolute atomic E-state index is 0.181. The van der Waals surface area contributed by atoms with E-state index < -0.39 is 11.9 Å². The maximum Gasteiger partial charge on any atom is 0.310 e. The Morgan fingerprint density at radius 1 is 1.10 bits per heavy atom. The second-order valence-corrected chi connectivity index (χ2v) is 11.2. The number of carboxylic acids is 1. The maximum atomic E-state index is 11.7. The Morgan fingerprint density at radius 2 is 1.98 bits per heavy atom. The van der Waals surface area contributed by atoms with Crippen LogP contribution in [-0.2, 0) is 35.6 Å². The standard InChI is InChI=1S/C31H34N6O4/c38-31(39)22-6-7-26-27(17-22)37(18-24-10-16-40-24)28(33-26)19-35-13-8-21(9-14-35)25-4-1-5-29(34-25)41-20-23-3-2-12-36-15-11-32-30(23)36/h1-7,11-12,15,21-22,24H,8-10,13-14,16-20H2,(H,38,39)/t22?,24-/m0/s1. The first-order chi connectivity index (χ1) is 20.1. The van der Waals surface area contributed by atoms with Crippen LogP contribution in [0, 0.1) is 5.92 Å². The SMILES string of the molecule is O=C(O)C1C=Cc2nc(CN3CCC(c4cccc(OCc5cccn6ccnc56)n4)CC3)n(C[C@@H]3CCO3)c2C1. The molecule has 4 aromatic heterocycles. The van der Waals surface area contributed by atoms with Crippen LogP contribution in [0.15, 0.2) is 55.0 Å². The molecule has 0 bridgehead atoms. The summed E-state index contributed by atoms with van der Waals surface area (Å²) in [7, 11) is 0. The second-order valence-electron chi connectivity index (χ2n) is 11.2. The fraction of sp³-hybridized carbons (Fsp3) is 0.419. The van der Waals surface area contributed by atoms with Gasteiger partial charge in [0.1, 0.15) is 18.1 Å². The van der Waals surface area contributed by atoms with Crippen molar-refractivity contribution in [2.45, 2.75) is 57.4 Å². The molecule has 1 unspecified atom stereocenters. The largest absolute Gasteiger partial charge is 0.481 e. The molecule has 1 N–H and O–H groups in total. The molecule has 10 heteroatoms. The summed E-state index contributed by atoms with van der Waals surface area (Å²) in [4.78, 5) is 28.4. The number of hydrogen-bond acceptors (Lipinski definition) is 7. The number of carbonyl (C=O) groups is 1. The van der Waals surface area contributed by atoms with Gasteiger partial charge in [-0.2, -0.15) is 0 Å². The van der Waals surface area contributed by atoms with Crippen LogP contribution in [0.1, 0.15) is 53.7 Å². The molecular weight excluding hydrogens is 520 g/mol. The lowest BCUT2D eigenvalue weighted by Crippen LogP contribution is -2.36. The van der Waals surface area contributed by atoms with Crippen molar-refractivity contribution in [3.63, 3.8) is 0 Å². The molecule has 3 aliphatic rings. The lowest BCUT2D eigenvalue weighted by atomic mass is 9.93. The number of imidazole rings is 2. The molecule has 7 rings (SSSR count). The van der Waals surface area contributed by atoms with E-state index in [1.165, 1.54) is 0 Å². The Hall–Kier alpha value is -4.02. The van der Waals surface area contributed by atoms with Crippen LogP contribution < -0.4 is 4.74 Å². The van der Waals surface area contributed by atoms with Crippen molar-refractivity contribution in [2.75, 3.05) is 19.7 Å². The third-order valence-electron chi connectivity index (χ3n) is 8.57. The van der Waals surface area contributed by atoms with Gasteiger partial charge in [0.15, 0.2) is 0 Å². The van der Waals surface area contributed by atoms with Crippen LogP contribution in [0.2, 0.25) is 0 Å². The monoisotopic (exact) mass is 554 g/mol. The summed E-state index contributed by atoms with van der Waals surface area (Å²) >= 11 is 0. The summed E-state index contributed by atoms with van der Waals surface area (Å²) in [6.07, 6.45) is 13.1. The molecule has 41 heavy (non-hydrogen) atoms. The van der Waals surface area contributed by atoms with E-state index in [9.17, 15) is 9.90 Å². The van der Waals surface area contributed by atoms with Crippen LogP contribution in [0.3, 0.4) is 0 Å². The van der Waals surface area contributed by atoms with Crippen molar-refractivity contribution in [3.8, 4) is 5.88 Å². The smallest absolute Gasteiger partial charge is 0.310 e. The van der Waals surface area contributed by atoms with Gasteiger partial charge >= 0.3 is 5.97 Å². The Bertz CT molecular complexity index is 1580. The molecule has 0 saturated carbocycles. The molecule has 6 heterocycles. The summed E-state index contributed by atoms with van der Waals surface area (Å²) in [6.45, 7) is 4.59. The molecule has 10 nitrogen and oxygen atoms in total. The zero-order valence-electron chi connectivity index (χ0n) is 22.9. The molecule has 0 radical (unpaired) electrons. The number of piperidine rings is 1. The van der Waals surface area contributed by atoms with E-state index in [1.54, 1.807) is 12.3 Å². The van der Waals surface area contributed by atoms with Gasteiger partial charge in [0, 0.05) is 60.6 Å². The highest BCUT2D eigenvalue weighted by molar-refractivity contribution is 5.75. The van der Waals surface area contributed by atoms with Crippen molar-refractivity contribution < 1.29 is 19.4 Å². The van der Waals surface area contributed by atoms with Gasteiger partial charge in [-0.25, -0.2) is 15.0 Å². The van der Waals surface area contributed by atoms with Gasteiger partial charge in [-0.3, -0.25) is 9.69 Å². The summed E-state index contributed by atoms with van der Waals surface area (Å²) < 4.78 is 16.0. The van der Waals surface area contributed by atoms with Crippen LogP contribution in [-0.4, -0.2) is 65.7 Å². The number of aliphatic carboxylic acids is 1. The van der Waals surface area contributed by atoms with Crippen LogP contribution in [0.25, 0.3) is 11.7 Å². The molecule has 2 aliphatic heterocycles. The van der Waals surface area contributed by atoms with Crippen molar-refractivity contribution >= 4 is 17.7 Å². The molecule has 0 amide bonds. The first-order valence-electron chi connectivity index (χ1n) is 14.4. The Balaban J connectivity index is 0.994. The number of nitrogens with zero attached hydrogens (tertiary/aromatic N) is 6. The zero-order chi connectivity index (χ0) is 27.8. The van der Waals surface area contributed by atoms with Crippen molar-refractivity contribution in [3.05, 3.63) is 83.5 Å². The van der Waals surface area contributed by atoms with Gasteiger partial charge in [-0.05, 0) is 50.6 Å². The molecule has 2 fully saturated rings. The lowest BCUT2D eigenvalue weighted by molar-refractivity contribution is -0.140. The van der Waals surface area contributed by atoms with Crippen molar-refractivity contribution in [2.24, 2.45) is 5.92 Å². The number of ether oxygens (including phenoxy) is 2. The lowest BCUT2D eigenvalue weighted by Gasteiger charge is -2.32. The number of likely N-dealkylation sites (tertiary alicyclic amines) is 1. The Morgan fingerprint density at radius 3 is 2.78 bits per heavy atom. The van der Waals surface area contributed by atoms with E-state index in [4.69, 9.17) is 19.4 Å². The van der Waals surface area contributed by atoms with Crippen molar-refractivity contribution in [1.29, 1.82) is 0 Å². The third kappa shape index (κ3) is 5.37. The Kier molecular flexibility index (Phi) is 7.02. The van der Waals surface area contributed by atoms with Gasteiger partial charge < -0.3 is 23.5 Å². The van der Waals surface area contributed by atoms with E-state index in [-0.39, 0.29) is 6.10 Å². The van der Waals surface area contributed by atoms with Gasteiger partial charge in [-0.1, -0.05) is 18.2 Å². The van der Waals surface area contributed by atoms with E-state index in [1.807, 2.05) is 47.1 Å². The second kappa shape index (κ2) is 11.1. The highest BCUT2D eigenvalue weighted by Crippen LogP contribution is 2.31. The molecule has 212 valence electrons. The van der Waals surface area contributed by atoms with Crippen LogP contribution in [0.4, 0.5) is 0 Å². The van der Waals surface area contributed by atoms with Crippen molar-refractivity contribution in [1.82, 2.24) is 28.8 Å².